The Morgan fingerprint density at radius 2 is 2.00 bits per heavy atom. The van der Waals surface area contributed by atoms with Gasteiger partial charge < -0.3 is 10.5 Å². The first-order valence-corrected chi connectivity index (χ1v) is 7.05. The third kappa shape index (κ3) is 3.23. The Bertz CT molecular complexity index is 510. The van der Waals surface area contributed by atoms with Gasteiger partial charge in [-0.15, -0.1) is 11.3 Å². The average Bonchev–Trinajstić information content (AvgIpc) is 2.76. The van der Waals surface area contributed by atoms with Gasteiger partial charge in [0.15, 0.2) is 0 Å². The van der Waals surface area contributed by atoms with Gasteiger partial charge in [-0.25, -0.2) is 0 Å². The fraction of sp³-hybridized carbons (Fsp3) is 0.231. The van der Waals surface area contributed by atoms with Crippen LogP contribution in [-0.2, 0) is 13.0 Å². The van der Waals surface area contributed by atoms with Crippen LogP contribution in [-0.4, -0.2) is 0 Å². The number of anilines is 1. The van der Waals surface area contributed by atoms with Crippen molar-refractivity contribution in [1.82, 2.24) is 0 Å². The van der Waals surface area contributed by atoms with Gasteiger partial charge in [0.05, 0.1) is 5.69 Å². The second-order valence-corrected chi connectivity index (χ2v) is 5.86. The van der Waals surface area contributed by atoms with Gasteiger partial charge in [-0.3, -0.25) is 0 Å². The van der Waals surface area contributed by atoms with Crippen molar-refractivity contribution in [2.45, 2.75) is 20.0 Å². The quantitative estimate of drug-likeness (QED) is 0.857. The minimum absolute atomic E-state index is 0.580. The molecule has 17 heavy (non-hydrogen) atoms. The summed E-state index contributed by atoms with van der Waals surface area (Å²) in [4.78, 5) is 2.61. The van der Waals surface area contributed by atoms with Gasteiger partial charge >= 0.3 is 0 Å². The van der Waals surface area contributed by atoms with Crippen LogP contribution in [0.1, 0.15) is 16.7 Å². The number of nitrogens with two attached hydrogens (primary N) is 1. The molecule has 0 aliphatic heterocycles. The normalized spacial score (nSPS) is 10.5. The van der Waals surface area contributed by atoms with E-state index in [2.05, 4.69) is 35.0 Å². The van der Waals surface area contributed by atoms with Crippen LogP contribution in [0.25, 0.3) is 0 Å². The van der Waals surface area contributed by atoms with E-state index in [1.54, 1.807) is 11.3 Å². The lowest BCUT2D eigenvalue weighted by Crippen LogP contribution is -1.97. The Balaban J connectivity index is 2.02. The molecule has 2 nitrogen and oxygen atoms in total. The molecular formula is C13H14BrNOS. The number of nitrogen functional groups attached to an aromatic ring is 1. The van der Waals surface area contributed by atoms with Crippen LogP contribution in [0.15, 0.2) is 34.8 Å². The fourth-order valence-electron chi connectivity index (χ4n) is 1.49. The van der Waals surface area contributed by atoms with Crippen molar-refractivity contribution in [2.24, 2.45) is 0 Å². The Kier molecular flexibility index (Phi) is 4.07. The van der Waals surface area contributed by atoms with E-state index >= 15 is 0 Å². The van der Waals surface area contributed by atoms with E-state index in [9.17, 15) is 0 Å². The van der Waals surface area contributed by atoms with Crippen molar-refractivity contribution < 1.29 is 4.74 Å². The van der Waals surface area contributed by atoms with Crippen LogP contribution >= 0.6 is 27.3 Å². The third-order valence-corrected chi connectivity index (χ3v) is 4.10. The van der Waals surface area contributed by atoms with Crippen molar-refractivity contribution in [3.8, 4) is 5.75 Å². The lowest BCUT2D eigenvalue weighted by molar-refractivity contribution is 0.311. The summed E-state index contributed by atoms with van der Waals surface area (Å²) in [7, 11) is 0. The maximum Gasteiger partial charge on any atom is 0.142 e. The maximum absolute atomic E-state index is 5.87. The molecule has 2 rings (SSSR count). The number of aryl methyl sites for hydroxylation is 1. The molecule has 1 aromatic heterocycles. The monoisotopic (exact) mass is 311 g/mol. The summed E-state index contributed by atoms with van der Waals surface area (Å²) in [5.41, 5.74) is 6.52. The fourth-order valence-corrected chi connectivity index (χ4v) is 2.74. The molecule has 0 unspecified atom stereocenters. The Hall–Kier alpha value is -1.000. The molecule has 1 heterocycles. The summed E-state index contributed by atoms with van der Waals surface area (Å²) in [5.74, 6) is 0.736. The maximum atomic E-state index is 5.87. The molecule has 0 amide bonds. The summed E-state index contributed by atoms with van der Waals surface area (Å²) < 4.78 is 6.66. The van der Waals surface area contributed by atoms with Gasteiger partial charge in [-0.2, -0.15) is 0 Å². The molecule has 0 spiro atoms. The van der Waals surface area contributed by atoms with E-state index in [1.165, 1.54) is 9.75 Å². The highest BCUT2D eigenvalue weighted by atomic mass is 79.9. The predicted molar refractivity (Wildman–Crippen MR) is 76.6 cm³/mol. The summed E-state index contributed by atoms with van der Waals surface area (Å²) >= 11 is 5.16. The first-order valence-electron chi connectivity index (χ1n) is 5.44. The first kappa shape index (κ1) is 12.5. The first-order chi connectivity index (χ1) is 8.19. The van der Waals surface area contributed by atoms with E-state index < -0.39 is 0 Å². The highest BCUT2D eigenvalue weighted by Gasteiger charge is 2.03. The van der Waals surface area contributed by atoms with Crippen molar-refractivity contribution in [1.29, 1.82) is 0 Å². The lowest BCUT2D eigenvalue weighted by Gasteiger charge is -2.07. The zero-order valence-electron chi connectivity index (χ0n) is 9.57. The molecular weight excluding hydrogens is 298 g/mol. The van der Waals surface area contributed by atoms with Crippen LogP contribution in [0.4, 0.5) is 5.69 Å². The number of halogens is 1. The smallest absolute Gasteiger partial charge is 0.142 e. The number of hydrogen-bond acceptors (Lipinski definition) is 3. The number of ether oxygens (including phenoxy) is 1. The molecule has 0 atom stereocenters. The molecule has 0 aliphatic rings. The minimum Gasteiger partial charge on any atom is -0.486 e. The molecule has 0 saturated carbocycles. The van der Waals surface area contributed by atoms with Crippen molar-refractivity contribution in [3.63, 3.8) is 0 Å². The summed E-state index contributed by atoms with van der Waals surface area (Å²) in [6.45, 7) is 2.74. The topological polar surface area (TPSA) is 35.2 Å². The van der Waals surface area contributed by atoms with Crippen LogP contribution in [0.5, 0.6) is 5.75 Å². The van der Waals surface area contributed by atoms with Crippen LogP contribution < -0.4 is 10.5 Å². The number of rotatable bonds is 4. The van der Waals surface area contributed by atoms with E-state index in [4.69, 9.17) is 10.5 Å². The second kappa shape index (κ2) is 5.56. The Labute approximate surface area is 114 Å². The predicted octanol–water partition coefficient (Wildman–Crippen LogP) is 4.23. The summed E-state index contributed by atoms with van der Waals surface area (Å²) in [6.07, 6.45) is 1.07. The second-order valence-electron chi connectivity index (χ2n) is 3.69. The van der Waals surface area contributed by atoms with Crippen LogP contribution in [0.2, 0.25) is 0 Å². The molecule has 4 heteroatoms. The van der Waals surface area contributed by atoms with Crippen molar-refractivity contribution >= 4 is 33.0 Å². The standard InChI is InChI=1S/C13H14BrNOS/c1-2-10-4-5-11(17-10)8-16-13-6-3-9(14)7-12(13)15/h3-7H,2,8,15H2,1H3. The van der Waals surface area contributed by atoms with Crippen molar-refractivity contribution in [3.05, 3.63) is 44.6 Å². The zero-order valence-corrected chi connectivity index (χ0v) is 12.0. The third-order valence-electron chi connectivity index (χ3n) is 2.41. The van der Waals surface area contributed by atoms with E-state index in [0.717, 1.165) is 16.6 Å². The van der Waals surface area contributed by atoms with Crippen LogP contribution in [0.3, 0.4) is 0 Å². The summed E-state index contributed by atoms with van der Waals surface area (Å²) in [5, 5.41) is 0. The van der Waals surface area contributed by atoms with Crippen molar-refractivity contribution in [2.75, 3.05) is 5.73 Å². The molecule has 90 valence electrons. The molecule has 2 N–H and O–H groups in total. The Morgan fingerprint density at radius 1 is 1.24 bits per heavy atom. The van der Waals surface area contributed by atoms with Gasteiger partial charge in [0.25, 0.3) is 0 Å². The zero-order chi connectivity index (χ0) is 12.3. The minimum atomic E-state index is 0.580. The molecule has 0 aliphatic carbocycles. The highest BCUT2D eigenvalue weighted by Crippen LogP contribution is 2.27. The van der Waals surface area contributed by atoms with Gasteiger partial charge in [0.1, 0.15) is 12.4 Å². The van der Waals surface area contributed by atoms with E-state index in [0.29, 0.717) is 12.3 Å². The SMILES string of the molecule is CCc1ccc(COc2ccc(Br)cc2N)s1. The average molecular weight is 312 g/mol. The number of thiophene rings is 1. The molecule has 2 aromatic rings. The Morgan fingerprint density at radius 3 is 2.65 bits per heavy atom. The van der Waals surface area contributed by atoms with Gasteiger partial charge in [-0.05, 0) is 36.8 Å². The van der Waals surface area contributed by atoms with E-state index in [1.807, 2.05) is 18.2 Å². The lowest BCUT2D eigenvalue weighted by atomic mass is 10.3. The van der Waals surface area contributed by atoms with Gasteiger partial charge in [0, 0.05) is 14.2 Å². The molecule has 0 saturated heterocycles. The van der Waals surface area contributed by atoms with E-state index in [-0.39, 0.29) is 0 Å². The van der Waals surface area contributed by atoms with Gasteiger partial charge in [0.2, 0.25) is 0 Å². The molecule has 0 bridgehead atoms. The molecule has 0 fully saturated rings. The highest BCUT2D eigenvalue weighted by molar-refractivity contribution is 9.10. The number of hydrogen-bond donors (Lipinski definition) is 1. The molecule has 0 radical (unpaired) electrons. The van der Waals surface area contributed by atoms with Gasteiger partial charge in [-0.1, -0.05) is 22.9 Å². The van der Waals surface area contributed by atoms with Crippen LogP contribution in [0, 0.1) is 0 Å². The summed E-state index contributed by atoms with van der Waals surface area (Å²) in [6, 6.07) is 9.92. The molecule has 1 aromatic carbocycles. The largest absolute Gasteiger partial charge is 0.486 e. The number of benzene rings is 1.